The Morgan fingerprint density at radius 3 is 2.36 bits per heavy atom. The van der Waals surface area contributed by atoms with Crippen molar-refractivity contribution in [3.8, 4) is 0 Å². The van der Waals surface area contributed by atoms with Crippen LogP contribution < -0.4 is 10.6 Å². The van der Waals surface area contributed by atoms with Gasteiger partial charge in [-0.3, -0.25) is 14.9 Å². The second-order valence-electron chi connectivity index (χ2n) is 5.15. The Morgan fingerprint density at radius 2 is 1.86 bits per heavy atom. The molecule has 7 heteroatoms. The fraction of sp³-hybridized carbons (Fsp3) is 0.400. The average molecular weight is 325 g/mol. The summed E-state index contributed by atoms with van der Waals surface area (Å²) in [5, 5.41) is 4.87. The Labute approximate surface area is 133 Å². The molecule has 0 unspecified atom stereocenters. The lowest BCUT2D eigenvalue weighted by Gasteiger charge is -2.39. The van der Waals surface area contributed by atoms with E-state index < -0.39 is 29.9 Å². The molecule has 0 atom stereocenters. The van der Waals surface area contributed by atoms with Crippen molar-refractivity contribution in [2.75, 3.05) is 13.7 Å². The zero-order valence-electron chi connectivity index (χ0n) is 12.1. The number of imide groups is 1. The number of carbonyl (C=O) groups is 3. The Balaban J connectivity index is 1.99. The van der Waals surface area contributed by atoms with E-state index in [2.05, 4.69) is 5.32 Å². The highest BCUT2D eigenvalue weighted by molar-refractivity contribution is 6.30. The smallest absolute Gasteiger partial charge is 0.321 e. The summed E-state index contributed by atoms with van der Waals surface area (Å²) >= 11 is 5.86. The second-order valence-corrected chi connectivity index (χ2v) is 5.58. The first-order valence-electron chi connectivity index (χ1n) is 6.93. The van der Waals surface area contributed by atoms with E-state index in [0.29, 0.717) is 17.9 Å². The highest BCUT2D eigenvalue weighted by Gasteiger charge is 2.47. The monoisotopic (exact) mass is 324 g/mol. The highest BCUT2D eigenvalue weighted by atomic mass is 35.5. The van der Waals surface area contributed by atoms with E-state index >= 15 is 0 Å². The number of rotatable bonds is 4. The lowest BCUT2D eigenvalue weighted by atomic mass is 9.64. The number of nitrogens with one attached hydrogen (secondary N) is 2. The molecule has 0 saturated heterocycles. The first-order valence-corrected chi connectivity index (χ1v) is 7.30. The average Bonchev–Trinajstić information content (AvgIpc) is 2.45. The van der Waals surface area contributed by atoms with Gasteiger partial charge in [-0.15, -0.1) is 0 Å². The van der Waals surface area contributed by atoms with E-state index in [0.717, 1.165) is 12.0 Å². The quantitative estimate of drug-likeness (QED) is 0.827. The fourth-order valence-corrected chi connectivity index (χ4v) is 2.53. The zero-order chi connectivity index (χ0) is 16.2. The van der Waals surface area contributed by atoms with Gasteiger partial charge < -0.3 is 10.1 Å². The molecule has 2 rings (SSSR count). The number of esters is 1. The van der Waals surface area contributed by atoms with Crippen LogP contribution in [0.4, 0.5) is 4.79 Å². The molecule has 118 valence electrons. The van der Waals surface area contributed by atoms with Crippen LogP contribution in [0.1, 0.15) is 24.8 Å². The van der Waals surface area contributed by atoms with Crippen LogP contribution in [-0.4, -0.2) is 31.6 Å². The van der Waals surface area contributed by atoms with Gasteiger partial charge in [0.1, 0.15) is 0 Å². The van der Waals surface area contributed by atoms with Crippen LogP contribution in [-0.2, 0) is 19.7 Å². The van der Waals surface area contributed by atoms with Crippen molar-refractivity contribution < 1.29 is 19.1 Å². The van der Waals surface area contributed by atoms with E-state index in [9.17, 15) is 14.4 Å². The maximum Gasteiger partial charge on any atom is 0.321 e. The molecular formula is C15H17ClN2O4. The highest BCUT2D eigenvalue weighted by Crippen LogP contribution is 2.44. The van der Waals surface area contributed by atoms with E-state index in [1.54, 1.807) is 24.3 Å². The summed E-state index contributed by atoms with van der Waals surface area (Å²) in [6, 6.07) is 6.41. The third-order valence-electron chi connectivity index (χ3n) is 3.81. The lowest BCUT2D eigenvalue weighted by molar-refractivity contribution is -0.157. The molecule has 1 aliphatic rings. The van der Waals surface area contributed by atoms with Gasteiger partial charge in [-0.05, 0) is 30.5 Å². The summed E-state index contributed by atoms with van der Waals surface area (Å²) in [6.07, 6.45) is 2.26. The molecular weight excluding hydrogens is 308 g/mol. The third-order valence-corrected chi connectivity index (χ3v) is 4.06. The Kier molecular flexibility index (Phi) is 5.03. The van der Waals surface area contributed by atoms with E-state index in [4.69, 9.17) is 16.3 Å². The SMILES string of the molecule is CNC(=O)NC(=O)COC(=O)C1(c2ccc(Cl)cc2)CCC1. The number of benzene rings is 1. The van der Waals surface area contributed by atoms with Crippen LogP contribution in [0.5, 0.6) is 0 Å². The van der Waals surface area contributed by atoms with Crippen LogP contribution in [0.3, 0.4) is 0 Å². The van der Waals surface area contributed by atoms with E-state index in [-0.39, 0.29) is 0 Å². The summed E-state index contributed by atoms with van der Waals surface area (Å²) in [5.74, 6) is -1.12. The van der Waals surface area contributed by atoms with Gasteiger partial charge in [-0.2, -0.15) is 0 Å². The van der Waals surface area contributed by atoms with Gasteiger partial charge in [-0.1, -0.05) is 30.2 Å². The number of halogens is 1. The molecule has 0 aliphatic heterocycles. The number of ether oxygens (including phenoxy) is 1. The number of hydrogen-bond donors (Lipinski definition) is 2. The fourth-order valence-electron chi connectivity index (χ4n) is 2.40. The summed E-state index contributed by atoms with van der Waals surface area (Å²) in [4.78, 5) is 34.8. The maximum absolute atomic E-state index is 12.4. The number of hydrogen-bond acceptors (Lipinski definition) is 4. The van der Waals surface area contributed by atoms with Gasteiger partial charge in [0.2, 0.25) is 0 Å². The lowest BCUT2D eigenvalue weighted by Crippen LogP contribution is -2.45. The largest absolute Gasteiger partial charge is 0.455 e. The minimum atomic E-state index is -0.710. The summed E-state index contributed by atoms with van der Waals surface area (Å²) in [7, 11) is 1.39. The molecule has 0 radical (unpaired) electrons. The van der Waals surface area contributed by atoms with Crippen LogP contribution in [0, 0.1) is 0 Å². The van der Waals surface area contributed by atoms with Crippen LogP contribution in [0.2, 0.25) is 5.02 Å². The first-order chi connectivity index (χ1) is 10.5. The molecule has 1 aliphatic carbocycles. The van der Waals surface area contributed by atoms with Crippen molar-refractivity contribution in [2.24, 2.45) is 0 Å². The van der Waals surface area contributed by atoms with E-state index in [1.165, 1.54) is 7.05 Å². The van der Waals surface area contributed by atoms with Crippen LogP contribution in [0.15, 0.2) is 24.3 Å². The van der Waals surface area contributed by atoms with Crippen molar-refractivity contribution in [1.82, 2.24) is 10.6 Å². The normalized spacial score (nSPS) is 15.4. The second kappa shape index (κ2) is 6.79. The molecule has 22 heavy (non-hydrogen) atoms. The molecule has 1 aromatic carbocycles. The zero-order valence-corrected chi connectivity index (χ0v) is 12.9. The molecule has 6 nitrogen and oxygen atoms in total. The molecule has 0 spiro atoms. The number of urea groups is 1. The van der Waals surface area contributed by atoms with Gasteiger partial charge in [-0.25, -0.2) is 4.79 Å². The van der Waals surface area contributed by atoms with Crippen molar-refractivity contribution in [1.29, 1.82) is 0 Å². The Bertz CT molecular complexity index is 582. The van der Waals surface area contributed by atoms with Crippen LogP contribution >= 0.6 is 11.6 Å². The Hall–Kier alpha value is -2.08. The van der Waals surface area contributed by atoms with Gasteiger partial charge >= 0.3 is 12.0 Å². The molecule has 0 heterocycles. The topological polar surface area (TPSA) is 84.5 Å². The van der Waals surface area contributed by atoms with Gasteiger partial charge in [0.25, 0.3) is 5.91 Å². The first kappa shape index (κ1) is 16.3. The predicted molar refractivity (Wildman–Crippen MR) is 80.5 cm³/mol. The van der Waals surface area contributed by atoms with E-state index in [1.807, 2.05) is 5.32 Å². The molecule has 2 N–H and O–H groups in total. The van der Waals surface area contributed by atoms with Crippen molar-refractivity contribution >= 4 is 29.5 Å². The molecule has 1 saturated carbocycles. The van der Waals surface area contributed by atoms with Crippen molar-refractivity contribution in [2.45, 2.75) is 24.7 Å². The summed E-state index contributed by atoms with van der Waals surface area (Å²) in [6.45, 7) is -0.485. The third kappa shape index (κ3) is 3.39. The molecule has 3 amide bonds. The standard InChI is InChI=1S/C15H17ClN2O4/c1-17-14(21)18-12(19)9-22-13(20)15(7-2-8-15)10-3-5-11(16)6-4-10/h3-6H,2,7-9H2,1H3,(H2,17,18,19,21). The number of amides is 3. The van der Waals surface area contributed by atoms with Crippen molar-refractivity contribution in [3.63, 3.8) is 0 Å². The summed E-state index contributed by atoms with van der Waals surface area (Å²) in [5.41, 5.74) is 0.123. The molecule has 1 fully saturated rings. The van der Waals surface area contributed by atoms with Crippen molar-refractivity contribution in [3.05, 3.63) is 34.9 Å². The van der Waals surface area contributed by atoms with Gasteiger partial charge in [0.05, 0.1) is 5.41 Å². The molecule has 0 bridgehead atoms. The Morgan fingerprint density at radius 1 is 1.23 bits per heavy atom. The van der Waals surface area contributed by atoms with Crippen LogP contribution in [0.25, 0.3) is 0 Å². The minimum Gasteiger partial charge on any atom is -0.455 e. The van der Waals surface area contributed by atoms with Gasteiger partial charge in [0.15, 0.2) is 6.61 Å². The number of carbonyl (C=O) groups excluding carboxylic acids is 3. The maximum atomic E-state index is 12.4. The predicted octanol–water partition coefficient (Wildman–Crippen LogP) is 1.76. The van der Waals surface area contributed by atoms with Gasteiger partial charge in [0, 0.05) is 12.1 Å². The molecule has 1 aromatic rings. The molecule has 0 aromatic heterocycles. The minimum absolute atomic E-state index is 0.451. The summed E-state index contributed by atoms with van der Waals surface area (Å²) < 4.78 is 5.08.